The lowest BCUT2D eigenvalue weighted by Crippen LogP contribution is -2.06. The average molecular weight is 390 g/mol. The fourth-order valence-corrected chi connectivity index (χ4v) is 2.46. The van der Waals surface area contributed by atoms with E-state index in [0.29, 0.717) is 10.6 Å². The van der Waals surface area contributed by atoms with Crippen molar-refractivity contribution < 1.29 is 23.7 Å². The molecule has 0 atom stereocenters. The monoisotopic (exact) mass is 389 g/mol. The first-order chi connectivity index (χ1) is 13.0. The van der Waals surface area contributed by atoms with E-state index in [1.165, 1.54) is 19.2 Å². The smallest absolute Gasteiger partial charge is 0.338 e. The molecule has 27 heavy (non-hydrogen) atoms. The fourth-order valence-electron chi connectivity index (χ4n) is 2.24. The van der Waals surface area contributed by atoms with Gasteiger partial charge in [-0.05, 0) is 24.3 Å². The quantitative estimate of drug-likeness (QED) is 0.356. The Bertz CT molecular complexity index is 1000. The SMILES string of the molecule is COc1ccc(C(=O)OCc2nc(-c3ccccc3Cl)no2)cc1[N+](=O)[O-]. The van der Waals surface area contributed by atoms with Crippen LogP contribution in [0.4, 0.5) is 5.69 Å². The van der Waals surface area contributed by atoms with E-state index >= 15 is 0 Å². The molecule has 0 radical (unpaired) electrons. The number of esters is 1. The van der Waals surface area contributed by atoms with Gasteiger partial charge in [0.2, 0.25) is 5.82 Å². The van der Waals surface area contributed by atoms with E-state index in [0.717, 1.165) is 6.07 Å². The number of nitro groups is 1. The first-order valence-electron chi connectivity index (χ1n) is 7.56. The third kappa shape index (κ3) is 4.04. The lowest BCUT2D eigenvalue weighted by atomic mass is 10.2. The predicted molar refractivity (Wildman–Crippen MR) is 93.5 cm³/mol. The van der Waals surface area contributed by atoms with Crippen molar-refractivity contribution in [3.05, 3.63) is 69.1 Å². The lowest BCUT2D eigenvalue weighted by molar-refractivity contribution is -0.385. The summed E-state index contributed by atoms with van der Waals surface area (Å²) in [7, 11) is 1.30. The Morgan fingerprint density at radius 2 is 2.07 bits per heavy atom. The van der Waals surface area contributed by atoms with Crippen LogP contribution in [0.3, 0.4) is 0 Å². The molecule has 0 aliphatic rings. The van der Waals surface area contributed by atoms with E-state index in [1.54, 1.807) is 24.3 Å². The van der Waals surface area contributed by atoms with Gasteiger partial charge < -0.3 is 14.0 Å². The van der Waals surface area contributed by atoms with E-state index in [9.17, 15) is 14.9 Å². The molecule has 0 aliphatic heterocycles. The van der Waals surface area contributed by atoms with E-state index in [2.05, 4.69) is 10.1 Å². The Morgan fingerprint density at radius 3 is 2.78 bits per heavy atom. The number of rotatable bonds is 6. The van der Waals surface area contributed by atoms with Gasteiger partial charge in [-0.15, -0.1) is 0 Å². The van der Waals surface area contributed by atoms with Crippen LogP contribution in [0.25, 0.3) is 11.4 Å². The summed E-state index contributed by atoms with van der Waals surface area (Å²) in [5, 5.41) is 15.3. The van der Waals surface area contributed by atoms with E-state index in [-0.39, 0.29) is 35.3 Å². The summed E-state index contributed by atoms with van der Waals surface area (Å²) in [6.07, 6.45) is 0. The van der Waals surface area contributed by atoms with Gasteiger partial charge in [0.05, 0.1) is 22.6 Å². The van der Waals surface area contributed by atoms with Gasteiger partial charge in [0.1, 0.15) is 0 Å². The summed E-state index contributed by atoms with van der Waals surface area (Å²) in [4.78, 5) is 26.6. The number of hydrogen-bond donors (Lipinski definition) is 0. The number of halogens is 1. The second-order valence-electron chi connectivity index (χ2n) is 5.21. The largest absolute Gasteiger partial charge is 0.490 e. The van der Waals surface area contributed by atoms with Crippen LogP contribution in [0.2, 0.25) is 5.02 Å². The molecule has 0 N–H and O–H groups in total. The van der Waals surface area contributed by atoms with Gasteiger partial charge in [-0.2, -0.15) is 4.98 Å². The van der Waals surface area contributed by atoms with E-state index in [4.69, 9.17) is 25.6 Å². The highest BCUT2D eigenvalue weighted by Gasteiger charge is 2.20. The number of nitrogens with zero attached hydrogens (tertiary/aromatic N) is 3. The summed E-state index contributed by atoms with van der Waals surface area (Å²) >= 11 is 6.07. The molecule has 2 aromatic carbocycles. The highest BCUT2D eigenvalue weighted by molar-refractivity contribution is 6.33. The lowest BCUT2D eigenvalue weighted by Gasteiger charge is -2.04. The molecule has 0 spiro atoms. The summed E-state index contributed by atoms with van der Waals surface area (Å²) in [5.41, 5.74) is 0.227. The first-order valence-corrected chi connectivity index (χ1v) is 7.94. The molecule has 0 fully saturated rings. The molecule has 138 valence electrons. The Morgan fingerprint density at radius 1 is 1.30 bits per heavy atom. The van der Waals surface area contributed by atoms with Gasteiger partial charge in [0.25, 0.3) is 5.89 Å². The van der Waals surface area contributed by atoms with Crippen molar-refractivity contribution in [3.63, 3.8) is 0 Å². The van der Waals surface area contributed by atoms with Crippen LogP contribution in [0.1, 0.15) is 16.2 Å². The summed E-state index contributed by atoms with van der Waals surface area (Å²) in [6, 6.07) is 10.7. The molecule has 1 heterocycles. The summed E-state index contributed by atoms with van der Waals surface area (Å²) in [6.45, 7) is -0.296. The van der Waals surface area contributed by atoms with Crippen LogP contribution in [0.5, 0.6) is 5.75 Å². The molecule has 0 bridgehead atoms. The number of methoxy groups -OCH3 is 1. The third-order valence-electron chi connectivity index (χ3n) is 3.52. The molecule has 0 amide bonds. The molecule has 0 saturated carbocycles. The second-order valence-corrected chi connectivity index (χ2v) is 5.62. The zero-order valence-electron chi connectivity index (χ0n) is 13.9. The Kier molecular flexibility index (Phi) is 5.32. The minimum atomic E-state index is -0.779. The average Bonchev–Trinajstić information content (AvgIpc) is 3.14. The highest BCUT2D eigenvalue weighted by Crippen LogP contribution is 2.28. The summed E-state index contributed by atoms with van der Waals surface area (Å²) < 4.78 is 15.0. The Balaban J connectivity index is 1.71. The van der Waals surface area contributed by atoms with Crippen LogP contribution >= 0.6 is 11.6 Å². The number of benzene rings is 2. The maximum Gasteiger partial charge on any atom is 0.338 e. The maximum absolute atomic E-state index is 12.1. The van der Waals surface area contributed by atoms with Gasteiger partial charge >= 0.3 is 11.7 Å². The summed E-state index contributed by atoms with van der Waals surface area (Å²) in [5.74, 6) is -0.427. The van der Waals surface area contributed by atoms with Crippen molar-refractivity contribution in [1.29, 1.82) is 0 Å². The van der Waals surface area contributed by atoms with Crippen molar-refractivity contribution in [3.8, 4) is 17.1 Å². The molecule has 0 saturated heterocycles. The van der Waals surface area contributed by atoms with Crippen LogP contribution in [-0.4, -0.2) is 28.1 Å². The first kappa shape index (κ1) is 18.3. The number of aromatic nitrogens is 2. The van der Waals surface area contributed by atoms with E-state index < -0.39 is 10.9 Å². The number of ether oxygens (including phenoxy) is 2. The fraction of sp³-hybridized carbons (Fsp3) is 0.118. The Hall–Kier alpha value is -3.46. The molecule has 1 aromatic heterocycles. The van der Waals surface area contributed by atoms with Gasteiger partial charge in [-0.25, -0.2) is 4.79 Å². The molecule has 9 nitrogen and oxygen atoms in total. The topological polar surface area (TPSA) is 118 Å². The van der Waals surface area contributed by atoms with Crippen LogP contribution in [-0.2, 0) is 11.3 Å². The minimum Gasteiger partial charge on any atom is -0.490 e. The molecular formula is C17H12ClN3O6. The van der Waals surface area contributed by atoms with Gasteiger partial charge in [-0.3, -0.25) is 10.1 Å². The molecular weight excluding hydrogens is 378 g/mol. The predicted octanol–water partition coefficient (Wildman–Crippen LogP) is 3.66. The minimum absolute atomic E-state index is 0.00616. The van der Waals surface area contributed by atoms with Gasteiger partial charge in [0, 0.05) is 11.6 Å². The van der Waals surface area contributed by atoms with Crippen molar-refractivity contribution in [2.75, 3.05) is 7.11 Å². The van der Waals surface area contributed by atoms with Crippen molar-refractivity contribution in [2.24, 2.45) is 0 Å². The van der Waals surface area contributed by atoms with Crippen molar-refractivity contribution >= 4 is 23.3 Å². The van der Waals surface area contributed by atoms with Crippen LogP contribution < -0.4 is 4.74 Å². The normalized spacial score (nSPS) is 10.4. The zero-order valence-corrected chi connectivity index (χ0v) is 14.7. The molecule has 3 aromatic rings. The third-order valence-corrected chi connectivity index (χ3v) is 3.85. The van der Waals surface area contributed by atoms with Gasteiger partial charge in [-0.1, -0.05) is 28.9 Å². The van der Waals surface area contributed by atoms with Crippen molar-refractivity contribution in [1.82, 2.24) is 10.1 Å². The van der Waals surface area contributed by atoms with Gasteiger partial charge in [0.15, 0.2) is 12.4 Å². The molecule has 0 unspecified atom stereocenters. The maximum atomic E-state index is 12.1. The number of carbonyl (C=O) groups is 1. The zero-order chi connectivity index (χ0) is 19.4. The second kappa shape index (κ2) is 7.83. The van der Waals surface area contributed by atoms with E-state index in [1.807, 2.05) is 0 Å². The number of carbonyl (C=O) groups excluding carboxylic acids is 1. The highest BCUT2D eigenvalue weighted by atomic mass is 35.5. The molecule has 3 rings (SSSR count). The van der Waals surface area contributed by atoms with Crippen molar-refractivity contribution in [2.45, 2.75) is 6.61 Å². The standard InChI is InChI=1S/C17H12ClN3O6/c1-25-14-7-6-10(8-13(14)21(23)24)17(22)26-9-15-19-16(20-27-15)11-4-2-3-5-12(11)18/h2-8H,9H2,1H3. The number of nitro benzene ring substituents is 1. The van der Waals surface area contributed by atoms with Crippen LogP contribution in [0.15, 0.2) is 47.0 Å². The van der Waals surface area contributed by atoms with Crippen LogP contribution in [0, 0.1) is 10.1 Å². The molecule has 0 aliphatic carbocycles. The Labute approximate surface area is 157 Å². The number of hydrogen-bond acceptors (Lipinski definition) is 8. The molecule has 10 heteroatoms.